The van der Waals surface area contributed by atoms with Gasteiger partial charge in [-0.15, -0.1) is 0 Å². The van der Waals surface area contributed by atoms with Crippen LogP contribution in [0.4, 0.5) is 8.78 Å². The van der Waals surface area contributed by atoms with Crippen molar-refractivity contribution in [2.24, 2.45) is 10.8 Å². The van der Waals surface area contributed by atoms with Gasteiger partial charge < -0.3 is 0 Å². The molecule has 3 heteroatoms. The van der Waals surface area contributed by atoms with Crippen LogP contribution in [-0.4, -0.2) is 11.8 Å². The molecule has 13 heavy (non-hydrogen) atoms. The van der Waals surface area contributed by atoms with E-state index < -0.39 is 11.8 Å². The van der Waals surface area contributed by atoms with Crippen molar-refractivity contribution in [1.29, 1.82) is 0 Å². The van der Waals surface area contributed by atoms with Gasteiger partial charge in [0.2, 0.25) is 6.43 Å². The summed E-state index contributed by atoms with van der Waals surface area (Å²) < 4.78 is 25.6. The lowest BCUT2D eigenvalue weighted by atomic mass is 9.54. The molecule has 0 aromatic rings. The maximum absolute atomic E-state index is 12.8. The molecule has 3 aliphatic carbocycles. The summed E-state index contributed by atoms with van der Waals surface area (Å²) in [6.45, 7) is 0. The van der Waals surface area contributed by atoms with Crippen LogP contribution in [0.3, 0.4) is 0 Å². The monoisotopic (exact) mass is 252 g/mol. The van der Waals surface area contributed by atoms with E-state index in [1.165, 1.54) is 0 Å². The second-order valence-electron chi connectivity index (χ2n) is 4.80. The Morgan fingerprint density at radius 3 is 1.77 bits per heavy atom. The van der Waals surface area contributed by atoms with Gasteiger partial charge in [0.25, 0.3) is 0 Å². The van der Waals surface area contributed by atoms with Crippen LogP contribution in [0, 0.1) is 10.8 Å². The number of alkyl halides is 3. The lowest BCUT2D eigenvalue weighted by Crippen LogP contribution is -2.45. The van der Waals surface area contributed by atoms with Gasteiger partial charge >= 0.3 is 0 Å². The van der Waals surface area contributed by atoms with Crippen LogP contribution >= 0.6 is 15.9 Å². The average molecular weight is 253 g/mol. The van der Waals surface area contributed by atoms with Crippen LogP contribution in [0.25, 0.3) is 0 Å². The topological polar surface area (TPSA) is 0 Å². The average Bonchev–Trinajstić information content (AvgIpc) is 2.20. The molecule has 2 bridgehead atoms. The lowest BCUT2D eigenvalue weighted by Gasteiger charge is -2.52. The van der Waals surface area contributed by atoms with Crippen molar-refractivity contribution >= 4 is 15.9 Å². The normalized spacial score (nSPS) is 44.3. The SMILES string of the molecule is FC(F)C12CCC(CBr)(CC1)CC2. The molecule has 0 radical (unpaired) electrons. The Hall–Kier alpha value is 0.340. The first kappa shape index (κ1) is 9.88. The first-order chi connectivity index (χ1) is 6.13. The summed E-state index contributed by atoms with van der Waals surface area (Å²) in [6.07, 6.45) is 3.15. The predicted octanol–water partition coefficient (Wildman–Crippen LogP) is 3.99. The first-order valence-corrected chi connectivity index (χ1v) is 6.09. The van der Waals surface area contributed by atoms with E-state index >= 15 is 0 Å². The van der Waals surface area contributed by atoms with Crippen LogP contribution in [0.1, 0.15) is 38.5 Å². The Labute approximate surface area is 86.2 Å². The molecule has 3 aliphatic rings. The number of rotatable bonds is 2. The molecule has 0 heterocycles. The third-order valence-corrected chi connectivity index (χ3v) is 5.40. The number of hydrogen-bond donors (Lipinski definition) is 0. The molecule has 0 spiro atoms. The third-order valence-electron chi connectivity index (χ3n) is 4.21. The van der Waals surface area contributed by atoms with Gasteiger partial charge in [0.1, 0.15) is 0 Å². The molecule has 3 saturated carbocycles. The largest absolute Gasteiger partial charge is 0.244 e. The Morgan fingerprint density at radius 1 is 1.00 bits per heavy atom. The standard InChI is InChI=1S/C10H15BrF2/c11-7-9-1-4-10(5-2-9,6-3-9)8(12)13/h8H,1-7H2. The molecule has 0 amide bonds. The number of fused-ring (bicyclic) bond motifs is 3. The summed E-state index contributed by atoms with van der Waals surface area (Å²) in [5.74, 6) is 0. The van der Waals surface area contributed by atoms with E-state index in [1.54, 1.807) is 0 Å². The van der Waals surface area contributed by atoms with E-state index in [1.807, 2.05) is 0 Å². The molecule has 0 aliphatic heterocycles. The van der Waals surface area contributed by atoms with E-state index in [0.29, 0.717) is 5.41 Å². The van der Waals surface area contributed by atoms with Crippen molar-refractivity contribution in [3.63, 3.8) is 0 Å². The van der Waals surface area contributed by atoms with Gasteiger partial charge in [0, 0.05) is 10.7 Å². The van der Waals surface area contributed by atoms with Gasteiger partial charge in [-0.2, -0.15) is 0 Å². The maximum atomic E-state index is 12.8. The zero-order valence-corrected chi connectivity index (χ0v) is 9.25. The molecule has 0 nitrogen and oxygen atoms in total. The highest BCUT2D eigenvalue weighted by Gasteiger charge is 2.52. The van der Waals surface area contributed by atoms with Crippen LogP contribution in [0.2, 0.25) is 0 Å². The zero-order valence-electron chi connectivity index (χ0n) is 7.66. The summed E-state index contributed by atoms with van der Waals surface area (Å²) in [4.78, 5) is 0. The molecule has 0 aromatic heterocycles. The van der Waals surface area contributed by atoms with Crippen molar-refractivity contribution in [1.82, 2.24) is 0 Å². The van der Waals surface area contributed by atoms with E-state index in [-0.39, 0.29) is 0 Å². The minimum Gasteiger partial charge on any atom is -0.210 e. The highest BCUT2D eigenvalue weighted by atomic mass is 79.9. The predicted molar refractivity (Wildman–Crippen MR) is 52.4 cm³/mol. The summed E-state index contributed by atoms with van der Waals surface area (Å²) in [5, 5.41) is 0.999. The smallest absolute Gasteiger partial charge is 0.210 e. The Kier molecular flexibility index (Phi) is 2.42. The van der Waals surface area contributed by atoms with Gasteiger partial charge in [0.05, 0.1) is 0 Å². The van der Waals surface area contributed by atoms with Gasteiger partial charge in [-0.1, -0.05) is 15.9 Å². The van der Waals surface area contributed by atoms with Crippen molar-refractivity contribution in [3.8, 4) is 0 Å². The molecular formula is C10H15BrF2. The van der Waals surface area contributed by atoms with Crippen molar-refractivity contribution in [2.45, 2.75) is 45.0 Å². The minimum absolute atomic E-state index is 0.372. The van der Waals surface area contributed by atoms with Crippen LogP contribution in [0.15, 0.2) is 0 Å². The fraction of sp³-hybridized carbons (Fsp3) is 1.00. The quantitative estimate of drug-likeness (QED) is 0.653. The molecule has 0 N–H and O–H groups in total. The third kappa shape index (κ3) is 1.43. The summed E-state index contributed by atoms with van der Waals surface area (Å²) in [6, 6.07) is 0. The molecule has 0 aromatic carbocycles. The Bertz CT molecular complexity index is 179. The second kappa shape index (κ2) is 3.18. The van der Waals surface area contributed by atoms with Gasteiger partial charge in [-0.3, -0.25) is 0 Å². The van der Waals surface area contributed by atoms with Crippen LogP contribution in [-0.2, 0) is 0 Å². The fourth-order valence-electron chi connectivity index (χ4n) is 2.82. The summed E-state index contributed by atoms with van der Waals surface area (Å²) in [5.41, 5.74) is -0.222. The highest BCUT2D eigenvalue weighted by molar-refractivity contribution is 9.09. The second-order valence-corrected chi connectivity index (χ2v) is 5.36. The Morgan fingerprint density at radius 2 is 1.46 bits per heavy atom. The first-order valence-electron chi connectivity index (χ1n) is 4.97. The van der Waals surface area contributed by atoms with Gasteiger partial charge in [-0.05, 0) is 43.9 Å². The number of halogens is 3. The van der Waals surface area contributed by atoms with Gasteiger partial charge in [-0.25, -0.2) is 8.78 Å². The molecular weight excluding hydrogens is 238 g/mol. The summed E-state index contributed by atoms with van der Waals surface area (Å²) >= 11 is 3.52. The minimum atomic E-state index is -2.10. The molecule has 0 unspecified atom stereocenters. The fourth-order valence-corrected chi connectivity index (χ4v) is 3.66. The van der Waals surface area contributed by atoms with E-state index in [9.17, 15) is 8.78 Å². The molecule has 3 rings (SSSR count). The van der Waals surface area contributed by atoms with Crippen molar-refractivity contribution < 1.29 is 8.78 Å². The Balaban J connectivity index is 2.11. The van der Waals surface area contributed by atoms with E-state index in [2.05, 4.69) is 15.9 Å². The van der Waals surface area contributed by atoms with Crippen molar-refractivity contribution in [2.75, 3.05) is 5.33 Å². The summed E-state index contributed by atoms with van der Waals surface area (Å²) in [7, 11) is 0. The zero-order chi connectivity index (χ0) is 9.53. The number of hydrogen-bond acceptors (Lipinski definition) is 0. The lowest BCUT2D eigenvalue weighted by molar-refractivity contribution is -0.0986. The van der Waals surface area contributed by atoms with Gasteiger partial charge in [0.15, 0.2) is 0 Å². The molecule has 0 atom stereocenters. The highest BCUT2D eigenvalue weighted by Crippen LogP contribution is 2.59. The molecule has 76 valence electrons. The molecule has 3 fully saturated rings. The van der Waals surface area contributed by atoms with Crippen LogP contribution < -0.4 is 0 Å². The van der Waals surface area contributed by atoms with E-state index in [0.717, 1.165) is 43.9 Å². The maximum Gasteiger partial charge on any atom is 0.244 e. The van der Waals surface area contributed by atoms with Crippen molar-refractivity contribution in [3.05, 3.63) is 0 Å². The molecule has 0 saturated heterocycles. The van der Waals surface area contributed by atoms with E-state index in [4.69, 9.17) is 0 Å². The van der Waals surface area contributed by atoms with Crippen LogP contribution in [0.5, 0.6) is 0 Å².